The lowest BCUT2D eigenvalue weighted by atomic mass is 10.1. The molecule has 0 atom stereocenters. The topological polar surface area (TPSA) is 85.9 Å². The van der Waals surface area contributed by atoms with Crippen molar-refractivity contribution in [2.75, 3.05) is 31.4 Å². The van der Waals surface area contributed by atoms with Crippen LogP contribution in [0.15, 0.2) is 17.1 Å². The summed E-state index contributed by atoms with van der Waals surface area (Å²) in [5.74, 6) is 0.526. The van der Waals surface area contributed by atoms with Gasteiger partial charge in [0.1, 0.15) is 5.75 Å². The van der Waals surface area contributed by atoms with Crippen molar-refractivity contribution in [2.45, 2.75) is 18.9 Å². The third-order valence-electron chi connectivity index (χ3n) is 3.23. The highest BCUT2D eigenvalue weighted by molar-refractivity contribution is 5.91. The van der Waals surface area contributed by atoms with Crippen LogP contribution in [0.2, 0.25) is 0 Å². The summed E-state index contributed by atoms with van der Waals surface area (Å²) in [4.78, 5) is 15.1. The summed E-state index contributed by atoms with van der Waals surface area (Å²) >= 11 is 0. The summed E-state index contributed by atoms with van der Waals surface area (Å²) < 4.78 is 10.5. The molecule has 0 spiro atoms. The van der Waals surface area contributed by atoms with E-state index >= 15 is 0 Å². The molecule has 1 fully saturated rings. The van der Waals surface area contributed by atoms with E-state index in [4.69, 9.17) is 15.2 Å². The number of benzene rings is 1. The molecule has 3 N–H and O–H groups in total. The second-order valence-electron chi connectivity index (χ2n) is 4.57. The van der Waals surface area contributed by atoms with Crippen molar-refractivity contribution in [3.8, 4) is 5.75 Å². The van der Waals surface area contributed by atoms with Gasteiger partial charge in [-0.25, -0.2) is 0 Å². The number of anilines is 2. The Balaban J connectivity index is 2.19. The van der Waals surface area contributed by atoms with Crippen LogP contribution < -0.4 is 15.8 Å². The van der Waals surface area contributed by atoms with E-state index in [0.717, 1.165) is 31.6 Å². The molecule has 1 aromatic carbocycles. The first-order valence-electron chi connectivity index (χ1n) is 6.53. The molecule has 6 nitrogen and oxygen atoms in total. The molecule has 0 unspecified atom stereocenters. The van der Waals surface area contributed by atoms with Gasteiger partial charge in [0, 0.05) is 36.7 Å². The van der Waals surface area contributed by atoms with Gasteiger partial charge in [-0.05, 0) is 18.9 Å². The lowest BCUT2D eigenvalue weighted by molar-refractivity contribution is -0.105. The molecule has 1 aliphatic heterocycles. The fourth-order valence-electron chi connectivity index (χ4n) is 2.09. The predicted octanol–water partition coefficient (Wildman–Crippen LogP) is 1.44. The number of nitrogens with one attached hydrogen (secondary N) is 1. The molecular weight excluding hydrogens is 258 g/mol. The number of hydrogen-bond donors (Lipinski definition) is 2. The number of hydrogen-bond acceptors (Lipinski definition) is 5. The number of aliphatic imine (C=N–C) groups is 1. The van der Waals surface area contributed by atoms with Crippen molar-refractivity contribution in [3.05, 3.63) is 17.7 Å². The van der Waals surface area contributed by atoms with Crippen LogP contribution in [0.1, 0.15) is 18.4 Å². The molecule has 1 aliphatic rings. The van der Waals surface area contributed by atoms with Gasteiger partial charge in [-0.3, -0.25) is 9.79 Å². The van der Waals surface area contributed by atoms with E-state index in [2.05, 4.69) is 10.3 Å². The lowest BCUT2D eigenvalue weighted by Gasteiger charge is -2.18. The van der Waals surface area contributed by atoms with Crippen molar-refractivity contribution in [1.29, 1.82) is 0 Å². The number of amides is 1. The Bertz CT molecular complexity index is 497. The van der Waals surface area contributed by atoms with Gasteiger partial charge in [0.2, 0.25) is 6.41 Å². The highest BCUT2D eigenvalue weighted by Crippen LogP contribution is 2.29. The van der Waals surface area contributed by atoms with Crippen molar-refractivity contribution in [1.82, 2.24) is 0 Å². The third-order valence-corrected chi connectivity index (χ3v) is 3.23. The summed E-state index contributed by atoms with van der Waals surface area (Å²) in [6.45, 7) is 1.50. The molecule has 0 saturated carbocycles. The van der Waals surface area contributed by atoms with Crippen LogP contribution in [0.3, 0.4) is 0 Å². The normalized spacial score (nSPS) is 16.2. The number of ether oxygens (including phenoxy) is 2. The van der Waals surface area contributed by atoms with Gasteiger partial charge >= 0.3 is 0 Å². The summed E-state index contributed by atoms with van der Waals surface area (Å²) in [5.41, 5.74) is 7.87. The summed E-state index contributed by atoms with van der Waals surface area (Å²) in [6.07, 6.45) is 4.20. The van der Waals surface area contributed by atoms with Crippen molar-refractivity contribution in [3.63, 3.8) is 0 Å². The average molecular weight is 277 g/mol. The molecule has 0 radical (unpaired) electrons. The number of nitrogen functional groups attached to an aromatic ring is 1. The van der Waals surface area contributed by atoms with Crippen LogP contribution in [0.25, 0.3) is 0 Å². The molecule has 0 bridgehead atoms. The Morgan fingerprint density at radius 2 is 2.20 bits per heavy atom. The van der Waals surface area contributed by atoms with Crippen molar-refractivity contribution >= 4 is 24.0 Å². The number of nitrogens with two attached hydrogens (primary N) is 1. The first kappa shape index (κ1) is 14.3. The van der Waals surface area contributed by atoms with E-state index in [0.29, 0.717) is 23.5 Å². The first-order chi connectivity index (χ1) is 9.74. The van der Waals surface area contributed by atoms with Crippen LogP contribution in [0.5, 0.6) is 5.75 Å². The zero-order valence-electron chi connectivity index (χ0n) is 11.5. The van der Waals surface area contributed by atoms with E-state index in [9.17, 15) is 4.79 Å². The van der Waals surface area contributed by atoms with E-state index in [1.165, 1.54) is 7.11 Å². The minimum Gasteiger partial charge on any atom is -0.494 e. The van der Waals surface area contributed by atoms with Crippen LogP contribution in [-0.4, -0.2) is 39.0 Å². The maximum absolute atomic E-state index is 10.6. The number of carbonyl (C=O) groups is 1. The largest absolute Gasteiger partial charge is 0.494 e. The smallest absolute Gasteiger partial charge is 0.211 e. The quantitative estimate of drug-likeness (QED) is 0.484. The van der Waals surface area contributed by atoms with E-state index in [1.54, 1.807) is 18.3 Å². The van der Waals surface area contributed by atoms with Crippen LogP contribution in [-0.2, 0) is 9.53 Å². The molecule has 6 heteroatoms. The van der Waals surface area contributed by atoms with E-state index in [-0.39, 0.29) is 6.04 Å². The molecule has 1 heterocycles. The van der Waals surface area contributed by atoms with Gasteiger partial charge in [0.05, 0.1) is 18.8 Å². The number of nitrogens with zero attached hydrogens (tertiary/aromatic N) is 1. The first-order valence-corrected chi connectivity index (χ1v) is 6.53. The molecule has 2 rings (SSSR count). The van der Waals surface area contributed by atoms with Crippen LogP contribution in [0.4, 0.5) is 11.4 Å². The van der Waals surface area contributed by atoms with Crippen LogP contribution in [0, 0.1) is 0 Å². The average Bonchev–Trinajstić information content (AvgIpc) is 2.48. The minimum atomic E-state index is 0.271. The second kappa shape index (κ2) is 6.91. The van der Waals surface area contributed by atoms with Gasteiger partial charge in [0.25, 0.3) is 0 Å². The Labute approximate surface area is 118 Å². The summed E-state index contributed by atoms with van der Waals surface area (Å²) in [6, 6.07) is 3.70. The maximum Gasteiger partial charge on any atom is 0.211 e. The Kier molecular flexibility index (Phi) is 4.95. The Morgan fingerprint density at radius 3 is 2.85 bits per heavy atom. The number of rotatable bonds is 5. The molecule has 108 valence electrons. The molecule has 1 saturated heterocycles. The van der Waals surface area contributed by atoms with Gasteiger partial charge in [-0.1, -0.05) is 0 Å². The number of carbonyl (C=O) groups excluding carboxylic acids is 1. The maximum atomic E-state index is 10.6. The SMILES string of the molecule is COc1cc(N)c(C=NC2CCOCC2)cc1NC=O. The molecular formula is C14H19N3O3. The third kappa shape index (κ3) is 3.48. The molecule has 0 aliphatic carbocycles. The fourth-order valence-corrected chi connectivity index (χ4v) is 2.09. The summed E-state index contributed by atoms with van der Waals surface area (Å²) in [7, 11) is 1.53. The molecule has 1 amide bonds. The standard InChI is InChI=1S/C14H19N3O3/c1-19-14-7-12(15)10(6-13(14)17-9-18)8-16-11-2-4-20-5-3-11/h6-9,11H,2-5,15H2,1H3,(H,17,18). The molecule has 20 heavy (non-hydrogen) atoms. The van der Waals surface area contributed by atoms with E-state index in [1.807, 2.05) is 0 Å². The molecule has 0 aromatic heterocycles. The number of methoxy groups -OCH3 is 1. The fraction of sp³-hybridized carbons (Fsp3) is 0.429. The van der Waals surface area contributed by atoms with Gasteiger partial charge in [-0.2, -0.15) is 0 Å². The lowest BCUT2D eigenvalue weighted by Crippen LogP contribution is -2.18. The van der Waals surface area contributed by atoms with Gasteiger partial charge in [-0.15, -0.1) is 0 Å². The second-order valence-corrected chi connectivity index (χ2v) is 4.57. The Morgan fingerprint density at radius 1 is 1.45 bits per heavy atom. The highest BCUT2D eigenvalue weighted by Gasteiger charge is 2.12. The summed E-state index contributed by atoms with van der Waals surface area (Å²) in [5, 5.41) is 2.59. The predicted molar refractivity (Wildman–Crippen MR) is 78.5 cm³/mol. The molecule has 1 aromatic rings. The monoisotopic (exact) mass is 277 g/mol. The van der Waals surface area contributed by atoms with Crippen LogP contribution >= 0.6 is 0 Å². The Hall–Kier alpha value is -2.08. The highest BCUT2D eigenvalue weighted by atomic mass is 16.5. The van der Waals surface area contributed by atoms with Crippen molar-refractivity contribution in [2.24, 2.45) is 4.99 Å². The van der Waals surface area contributed by atoms with Gasteiger partial charge < -0.3 is 20.5 Å². The minimum absolute atomic E-state index is 0.271. The zero-order chi connectivity index (χ0) is 14.4. The zero-order valence-corrected chi connectivity index (χ0v) is 11.5. The van der Waals surface area contributed by atoms with E-state index < -0.39 is 0 Å². The van der Waals surface area contributed by atoms with Crippen molar-refractivity contribution < 1.29 is 14.3 Å². The van der Waals surface area contributed by atoms with Gasteiger partial charge in [0.15, 0.2) is 0 Å².